The van der Waals surface area contributed by atoms with E-state index < -0.39 is 54.1 Å². The fourth-order valence-electron chi connectivity index (χ4n) is 4.05. The van der Waals surface area contributed by atoms with Crippen LogP contribution in [0.15, 0.2) is 18.2 Å². The average molecular weight is 449 g/mol. The van der Waals surface area contributed by atoms with Crippen molar-refractivity contribution in [2.75, 3.05) is 43.0 Å². The molecule has 1 saturated heterocycles. The molecule has 1 aromatic rings. The largest absolute Gasteiger partial charge is 0.478 e. The SMILES string of the molecule is CN1CCN(c2ccc(C(=O)O)c(N(C(=O)C(F)(F)F)C3CCC(F)(F)CC3)c2)CC1. The smallest absolute Gasteiger partial charge is 0.471 e. The van der Waals surface area contributed by atoms with Crippen LogP contribution in [0.1, 0.15) is 36.0 Å². The first kappa shape index (κ1) is 23.2. The van der Waals surface area contributed by atoms with Crippen LogP contribution in [0.25, 0.3) is 0 Å². The van der Waals surface area contributed by atoms with Crippen molar-refractivity contribution in [1.82, 2.24) is 4.90 Å². The summed E-state index contributed by atoms with van der Waals surface area (Å²) >= 11 is 0. The molecular weight excluding hydrogens is 425 g/mol. The Hall–Kier alpha value is -2.43. The van der Waals surface area contributed by atoms with Crippen molar-refractivity contribution in [1.29, 1.82) is 0 Å². The predicted octanol–water partition coefficient (Wildman–Crippen LogP) is 3.61. The molecule has 0 spiro atoms. The molecule has 0 atom stereocenters. The van der Waals surface area contributed by atoms with Crippen LogP contribution in [-0.4, -0.2) is 73.3 Å². The topological polar surface area (TPSA) is 64.1 Å². The van der Waals surface area contributed by atoms with Crippen LogP contribution >= 0.6 is 0 Å². The summed E-state index contributed by atoms with van der Waals surface area (Å²) in [6.45, 7) is 2.56. The van der Waals surface area contributed by atoms with Gasteiger partial charge in [0.2, 0.25) is 5.92 Å². The van der Waals surface area contributed by atoms with Crippen LogP contribution < -0.4 is 9.80 Å². The van der Waals surface area contributed by atoms with Gasteiger partial charge in [-0.25, -0.2) is 13.6 Å². The summed E-state index contributed by atoms with van der Waals surface area (Å²) in [5, 5.41) is 9.56. The van der Waals surface area contributed by atoms with Crippen molar-refractivity contribution >= 4 is 23.3 Å². The molecule has 1 N–H and O–H groups in total. The van der Waals surface area contributed by atoms with E-state index in [4.69, 9.17) is 0 Å². The fraction of sp³-hybridized carbons (Fsp3) is 0.600. The number of carbonyl (C=O) groups is 2. The number of hydrogen-bond donors (Lipinski definition) is 1. The quantitative estimate of drug-likeness (QED) is 0.712. The molecule has 172 valence electrons. The Morgan fingerprint density at radius 1 is 1.10 bits per heavy atom. The van der Waals surface area contributed by atoms with Crippen LogP contribution in [0.2, 0.25) is 0 Å². The number of alkyl halides is 5. The zero-order chi connectivity index (χ0) is 23.0. The average Bonchev–Trinajstić information content (AvgIpc) is 2.69. The van der Waals surface area contributed by atoms with Gasteiger partial charge in [-0.15, -0.1) is 0 Å². The Morgan fingerprint density at radius 3 is 2.19 bits per heavy atom. The lowest BCUT2D eigenvalue weighted by Crippen LogP contribution is -2.50. The highest BCUT2D eigenvalue weighted by Gasteiger charge is 2.48. The fourth-order valence-corrected chi connectivity index (χ4v) is 4.05. The van der Waals surface area contributed by atoms with Gasteiger partial charge in [0, 0.05) is 50.7 Å². The summed E-state index contributed by atoms with van der Waals surface area (Å²) in [5.74, 6) is -6.76. The number of carboxylic acid groups (broad SMARTS) is 1. The van der Waals surface area contributed by atoms with Crippen LogP contribution in [0.4, 0.5) is 33.3 Å². The summed E-state index contributed by atoms with van der Waals surface area (Å²) in [7, 11) is 1.93. The van der Waals surface area contributed by atoms with Crippen molar-refractivity contribution in [3.05, 3.63) is 23.8 Å². The first-order valence-corrected chi connectivity index (χ1v) is 9.98. The minimum Gasteiger partial charge on any atom is -0.478 e. The molecule has 0 unspecified atom stereocenters. The standard InChI is InChI=1S/C20H24F5N3O3/c1-26-8-10-27(11-9-26)14-2-3-15(17(29)30)16(12-14)28(18(31)20(23,24)25)13-4-6-19(21,22)7-5-13/h2-3,12-13H,4-11H2,1H3,(H,29,30). The van der Waals surface area contributed by atoms with Gasteiger partial charge in [0.1, 0.15) is 0 Å². The third kappa shape index (κ3) is 5.25. The number of likely N-dealkylation sites (N-methyl/N-ethyl adjacent to an activating group) is 1. The summed E-state index contributed by atoms with van der Waals surface area (Å²) in [6, 6.07) is 2.74. The zero-order valence-corrected chi connectivity index (χ0v) is 17.0. The molecule has 0 aromatic heterocycles. The highest BCUT2D eigenvalue weighted by molar-refractivity contribution is 6.05. The van der Waals surface area contributed by atoms with E-state index in [1.54, 1.807) is 0 Å². The third-order valence-corrected chi connectivity index (χ3v) is 5.85. The normalized spacial score (nSPS) is 20.5. The molecule has 0 bridgehead atoms. The van der Waals surface area contributed by atoms with Crippen LogP contribution in [-0.2, 0) is 4.79 Å². The first-order chi connectivity index (χ1) is 14.4. The second kappa shape index (κ2) is 8.60. The molecular formula is C20H24F5N3O3. The maximum absolute atomic E-state index is 13.6. The molecule has 1 saturated carbocycles. The van der Waals surface area contributed by atoms with E-state index in [0.717, 1.165) is 0 Å². The lowest BCUT2D eigenvalue weighted by atomic mass is 9.90. The van der Waals surface area contributed by atoms with Crippen LogP contribution in [0, 0.1) is 0 Å². The third-order valence-electron chi connectivity index (χ3n) is 5.85. The van der Waals surface area contributed by atoms with Gasteiger partial charge >= 0.3 is 18.1 Å². The number of rotatable bonds is 4. The number of hydrogen-bond acceptors (Lipinski definition) is 4. The van der Waals surface area contributed by atoms with E-state index in [1.165, 1.54) is 18.2 Å². The van der Waals surface area contributed by atoms with Gasteiger partial charge in [-0.1, -0.05) is 0 Å². The number of aromatic carboxylic acids is 1. The lowest BCUT2D eigenvalue weighted by Gasteiger charge is -2.39. The number of nitrogens with zero attached hydrogens (tertiary/aromatic N) is 3. The monoisotopic (exact) mass is 449 g/mol. The van der Waals surface area contributed by atoms with E-state index in [1.807, 2.05) is 11.9 Å². The van der Waals surface area contributed by atoms with E-state index in [9.17, 15) is 36.6 Å². The van der Waals surface area contributed by atoms with E-state index >= 15 is 0 Å². The van der Waals surface area contributed by atoms with Crippen molar-refractivity contribution in [2.45, 2.75) is 43.8 Å². The number of halogens is 5. The Kier molecular flexibility index (Phi) is 6.45. The highest BCUT2D eigenvalue weighted by atomic mass is 19.4. The zero-order valence-electron chi connectivity index (χ0n) is 17.0. The number of amides is 1. The Labute approximate surface area is 176 Å². The molecule has 3 rings (SSSR count). The Bertz CT molecular complexity index is 828. The van der Waals surface area contributed by atoms with E-state index in [-0.39, 0.29) is 12.8 Å². The molecule has 0 radical (unpaired) electrons. The minimum atomic E-state index is -5.28. The predicted molar refractivity (Wildman–Crippen MR) is 104 cm³/mol. The van der Waals surface area contributed by atoms with Crippen molar-refractivity contribution < 1.29 is 36.6 Å². The first-order valence-electron chi connectivity index (χ1n) is 9.98. The molecule has 31 heavy (non-hydrogen) atoms. The molecule has 6 nitrogen and oxygen atoms in total. The highest BCUT2D eigenvalue weighted by Crippen LogP contribution is 2.40. The maximum Gasteiger partial charge on any atom is 0.471 e. The molecule has 11 heteroatoms. The molecule has 2 aliphatic rings. The molecule has 1 aliphatic heterocycles. The van der Waals surface area contributed by atoms with Gasteiger partial charge < -0.3 is 19.8 Å². The van der Waals surface area contributed by atoms with E-state index in [2.05, 4.69) is 4.90 Å². The molecule has 1 aliphatic carbocycles. The van der Waals surface area contributed by atoms with Crippen LogP contribution in [0.3, 0.4) is 0 Å². The molecule has 1 aromatic carbocycles. The van der Waals surface area contributed by atoms with Crippen molar-refractivity contribution in [3.63, 3.8) is 0 Å². The molecule has 2 fully saturated rings. The lowest BCUT2D eigenvalue weighted by molar-refractivity contribution is -0.171. The van der Waals surface area contributed by atoms with Crippen molar-refractivity contribution in [2.24, 2.45) is 0 Å². The second-order valence-corrected chi connectivity index (χ2v) is 8.06. The Balaban J connectivity index is 2.04. The maximum atomic E-state index is 13.6. The van der Waals surface area contributed by atoms with Gasteiger partial charge in [0.25, 0.3) is 0 Å². The number of carbonyl (C=O) groups excluding carboxylic acids is 1. The van der Waals surface area contributed by atoms with Crippen molar-refractivity contribution in [3.8, 4) is 0 Å². The minimum absolute atomic E-state index is 0.355. The molecule has 1 amide bonds. The van der Waals surface area contributed by atoms with Gasteiger partial charge in [-0.05, 0) is 38.1 Å². The number of benzene rings is 1. The van der Waals surface area contributed by atoms with Crippen LogP contribution in [0.5, 0.6) is 0 Å². The molecule has 1 heterocycles. The number of anilines is 2. The summed E-state index contributed by atoms with van der Waals surface area (Å²) in [5.41, 5.74) is -0.413. The number of carboxylic acids is 1. The second-order valence-electron chi connectivity index (χ2n) is 8.06. The van der Waals surface area contributed by atoms with Gasteiger partial charge in [0.15, 0.2) is 0 Å². The number of piperazine rings is 1. The van der Waals surface area contributed by atoms with Gasteiger partial charge in [-0.2, -0.15) is 13.2 Å². The van der Waals surface area contributed by atoms with E-state index in [0.29, 0.717) is 36.8 Å². The Morgan fingerprint density at radius 2 is 1.68 bits per heavy atom. The van der Waals surface area contributed by atoms with Gasteiger partial charge in [0.05, 0.1) is 11.3 Å². The summed E-state index contributed by atoms with van der Waals surface area (Å²) in [6.07, 6.45) is -7.32. The van der Waals surface area contributed by atoms with Gasteiger partial charge in [-0.3, -0.25) is 4.79 Å². The summed E-state index contributed by atoms with van der Waals surface area (Å²) < 4.78 is 67.4. The summed E-state index contributed by atoms with van der Waals surface area (Å²) in [4.78, 5) is 28.4.